The average molecular weight is 580 g/mol. The summed E-state index contributed by atoms with van der Waals surface area (Å²) < 4.78 is 33.5. The number of para-hydroxylation sites is 1. The predicted octanol–water partition coefficient (Wildman–Crippen LogP) is 8.12. The molecule has 43 heavy (non-hydrogen) atoms. The number of aromatic hydroxyl groups is 1. The number of phenols is 1. The van der Waals surface area contributed by atoms with Gasteiger partial charge in [-0.1, -0.05) is 60.7 Å². The third kappa shape index (κ3) is 6.25. The van der Waals surface area contributed by atoms with Gasteiger partial charge in [-0.2, -0.15) is 0 Å². The highest BCUT2D eigenvalue weighted by atomic mass is 19.1. The first-order valence-corrected chi connectivity index (χ1v) is 15.0. The van der Waals surface area contributed by atoms with Crippen LogP contribution in [-0.2, 0) is 6.42 Å². The molecule has 6 heteroatoms. The monoisotopic (exact) mass is 579 g/mol. The van der Waals surface area contributed by atoms with Crippen LogP contribution in [0.4, 0.5) is 8.78 Å². The second-order valence-electron chi connectivity index (χ2n) is 11.4. The number of nitrogens with zero attached hydrogens (tertiary/aromatic N) is 1. The number of allylic oxidation sites excluding steroid dienone is 1. The lowest BCUT2D eigenvalue weighted by atomic mass is 9.86. The van der Waals surface area contributed by atoms with Crippen molar-refractivity contribution in [2.24, 2.45) is 0 Å². The first-order chi connectivity index (χ1) is 21.0. The van der Waals surface area contributed by atoms with Gasteiger partial charge < -0.3 is 9.84 Å². The van der Waals surface area contributed by atoms with Gasteiger partial charge in [-0.3, -0.25) is 14.1 Å². The highest BCUT2D eigenvalue weighted by molar-refractivity contribution is 6.01. The van der Waals surface area contributed by atoms with Crippen LogP contribution in [0, 0.1) is 5.82 Å². The summed E-state index contributed by atoms with van der Waals surface area (Å²) in [4.78, 5) is 13.6. The SMILES string of the molecule is O=Cc1cccc(-c2ccc3c(c2)CCCC(c2cccc(F)c2O)=C3c2ccc(OC3CCN(CCCF)C3)cc2)c1. The van der Waals surface area contributed by atoms with Crippen LogP contribution in [0.15, 0.2) is 84.9 Å². The molecular weight excluding hydrogens is 544 g/mol. The largest absolute Gasteiger partial charge is 0.504 e. The summed E-state index contributed by atoms with van der Waals surface area (Å²) in [7, 11) is 0. The molecule has 4 aromatic rings. The average Bonchev–Trinajstić information content (AvgIpc) is 3.40. The van der Waals surface area contributed by atoms with Crippen molar-refractivity contribution in [3.63, 3.8) is 0 Å². The maximum Gasteiger partial charge on any atom is 0.165 e. The quantitative estimate of drug-likeness (QED) is 0.204. The van der Waals surface area contributed by atoms with E-state index in [1.165, 1.54) is 6.07 Å². The van der Waals surface area contributed by atoms with Crippen molar-refractivity contribution in [2.45, 2.75) is 38.2 Å². The van der Waals surface area contributed by atoms with Gasteiger partial charge in [0.25, 0.3) is 0 Å². The summed E-state index contributed by atoms with van der Waals surface area (Å²) in [5, 5.41) is 10.8. The number of alkyl halides is 1. The van der Waals surface area contributed by atoms with Crippen molar-refractivity contribution < 1.29 is 23.4 Å². The molecule has 1 unspecified atom stereocenters. The van der Waals surface area contributed by atoms with Gasteiger partial charge in [0.05, 0.1) is 6.67 Å². The van der Waals surface area contributed by atoms with Gasteiger partial charge in [0.1, 0.15) is 18.1 Å². The Kier molecular flexibility index (Phi) is 8.66. The minimum Gasteiger partial charge on any atom is -0.504 e. The second-order valence-corrected chi connectivity index (χ2v) is 11.4. The molecule has 220 valence electrons. The Hall–Kier alpha value is -4.29. The van der Waals surface area contributed by atoms with Crippen molar-refractivity contribution in [1.29, 1.82) is 0 Å². The molecule has 0 bridgehead atoms. The number of aryl methyl sites for hydroxylation is 1. The lowest BCUT2D eigenvalue weighted by molar-refractivity contribution is 0.112. The number of aldehydes is 1. The van der Waals surface area contributed by atoms with Gasteiger partial charge in [-0.25, -0.2) is 4.39 Å². The Labute approximate surface area is 251 Å². The van der Waals surface area contributed by atoms with Crippen LogP contribution in [-0.4, -0.2) is 48.7 Å². The van der Waals surface area contributed by atoms with Crippen LogP contribution in [0.2, 0.25) is 0 Å². The third-order valence-corrected chi connectivity index (χ3v) is 8.50. The molecule has 1 aliphatic carbocycles. The molecular formula is C37H35F2NO3. The van der Waals surface area contributed by atoms with Gasteiger partial charge in [-0.15, -0.1) is 0 Å². The molecule has 4 nitrogen and oxygen atoms in total. The number of hydrogen-bond acceptors (Lipinski definition) is 4. The van der Waals surface area contributed by atoms with E-state index < -0.39 is 5.82 Å². The van der Waals surface area contributed by atoms with E-state index in [2.05, 4.69) is 23.1 Å². The van der Waals surface area contributed by atoms with Gasteiger partial charge in [0.2, 0.25) is 0 Å². The zero-order valence-electron chi connectivity index (χ0n) is 24.1. The molecule has 1 saturated heterocycles. The van der Waals surface area contributed by atoms with Crippen molar-refractivity contribution in [1.82, 2.24) is 4.90 Å². The fourth-order valence-electron chi connectivity index (χ4n) is 6.39. The van der Waals surface area contributed by atoms with E-state index in [0.29, 0.717) is 24.0 Å². The van der Waals surface area contributed by atoms with Crippen LogP contribution in [0.25, 0.3) is 22.3 Å². The third-order valence-electron chi connectivity index (χ3n) is 8.50. The predicted molar refractivity (Wildman–Crippen MR) is 167 cm³/mol. The van der Waals surface area contributed by atoms with E-state index in [-0.39, 0.29) is 18.5 Å². The number of carbonyl (C=O) groups excluding carboxylic acids is 1. The van der Waals surface area contributed by atoms with Crippen LogP contribution in [0.1, 0.15) is 58.3 Å². The Balaban J connectivity index is 1.38. The molecule has 1 fully saturated rings. The van der Waals surface area contributed by atoms with Gasteiger partial charge in [0.15, 0.2) is 11.6 Å². The van der Waals surface area contributed by atoms with Gasteiger partial charge in [0, 0.05) is 30.8 Å². The molecule has 0 saturated carbocycles. The minimum atomic E-state index is -0.639. The molecule has 1 N–H and O–H groups in total. The molecule has 1 heterocycles. The van der Waals surface area contributed by atoms with Crippen LogP contribution in [0.3, 0.4) is 0 Å². The molecule has 1 atom stereocenters. The maximum atomic E-state index is 14.6. The Morgan fingerprint density at radius 2 is 1.70 bits per heavy atom. The molecule has 0 radical (unpaired) electrons. The standard InChI is InChI=1S/C37H35F2NO3/c38-18-4-19-40-20-17-31(23-40)43-30-14-11-26(12-15-30)36-32-16-13-28(27-6-1-5-25(21-27)24-41)22-29(32)7-2-8-33(36)34-9-3-10-35(39)37(34)42/h1,3,5-6,9-16,21-22,24,31,42H,2,4,7-8,17-20,23H2. The summed E-state index contributed by atoms with van der Waals surface area (Å²) in [5.41, 5.74) is 8.16. The van der Waals surface area contributed by atoms with Crippen LogP contribution in [0.5, 0.6) is 11.5 Å². The summed E-state index contributed by atoms with van der Waals surface area (Å²) in [6, 6.07) is 26.6. The highest BCUT2D eigenvalue weighted by Crippen LogP contribution is 2.43. The van der Waals surface area contributed by atoms with Crippen molar-refractivity contribution in [3.05, 3.63) is 119 Å². The molecule has 0 aromatic heterocycles. The number of rotatable bonds is 9. The number of benzene rings is 4. The Morgan fingerprint density at radius 1 is 0.907 bits per heavy atom. The molecule has 6 rings (SSSR count). The van der Waals surface area contributed by atoms with E-state index in [9.17, 15) is 18.7 Å². The molecule has 1 aliphatic heterocycles. The number of halogens is 2. The van der Waals surface area contributed by atoms with Crippen molar-refractivity contribution >= 4 is 17.4 Å². The van der Waals surface area contributed by atoms with Crippen molar-refractivity contribution in [2.75, 3.05) is 26.3 Å². The normalized spacial score (nSPS) is 17.0. The fraction of sp³-hybridized carbons (Fsp3) is 0.270. The minimum absolute atomic E-state index is 0.0687. The molecule has 0 amide bonds. The highest BCUT2D eigenvalue weighted by Gasteiger charge is 2.25. The van der Waals surface area contributed by atoms with E-state index in [4.69, 9.17) is 4.74 Å². The molecule has 0 spiro atoms. The van der Waals surface area contributed by atoms with E-state index in [0.717, 1.165) is 89.9 Å². The van der Waals surface area contributed by atoms with E-state index in [1.54, 1.807) is 18.2 Å². The van der Waals surface area contributed by atoms with Gasteiger partial charge >= 0.3 is 0 Å². The van der Waals surface area contributed by atoms with Gasteiger partial charge in [-0.05, 0) is 95.3 Å². The maximum absolute atomic E-state index is 14.6. The topological polar surface area (TPSA) is 49.8 Å². The first kappa shape index (κ1) is 28.8. The number of carbonyl (C=O) groups is 1. The summed E-state index contributed by atoms with van der Waals surface area (Å²) in [6.45, 7) is 2.16. The summed E-state index contributed by atoms with van der Waals surface area (Å²) >= 11 is 0. The zero-order valence-corrected chi connectivity index (χ0v) is 24.1. The first-order valence-electron chi connectivity index (χ1n) is 15.0. The molecule has 4 aromatic carbocycles. The number of fused-ring (bicyclic) bond motifs is 1. The van der Waals surface area contributed by atoms with Crippen molar-refractivity contribution in [3.8, 4) is 22.6 Å². The number of phenolic OH excluding ortho intramolecular Hbond substituents is 1. The van der Waals surface area contributed by atoms with E-state index >= 15 is 0 Å². The van der Waals surface area contributed by atoms with Crippen LogP contribution >= 0.6 is 0 Å². The van der Waals surface area contributed by atoms with Crippen LogP contribution < -0.4 is 4.74 Å². The smallest absolute Gasteiger partial charge is 0.165 e. The Bertz CT molecular complexity index is 1650. The number of ether oxygens (including phenoxy) is 1. The lowest BCUT2D eigenvalue weighted by Gasteiger charge is -2.19. The lowest BCUT2D eigenvalue weighted by Crippen LogP contribution is -2.26. The Morgan fingerprint density at radius 3 is 2.51 bits per heavy atom. The number of likely N-dealkylation sites (tertiary alicyclic amines) is 1. The number of hydrogen-bond donors (Lipinski definition) is 1. The summed E-state index contributed by atoms with van der Waals surface area (Å²) in [5.74, 6) is -0.199. The molecule has 2 aliphatic rings. The van der Waals surface area contributed by atoms with E-state index in [1.807, 2.05) is 42.5 Å². The second kappa shape index (κ2) is 12.9. The zero-order chi connectivity index (χ0) is 29.8. The fourth-order valence-corrected chi connectivity index (χ4v) is 6.39. The summed E-state index contributed by atoms with van der Waals surface area (Å²) in [6.07, 6.45) is 4.71.